The first-order chi connectivity index (χ1) is 16.0. The van der Waals surface area contributed by atoms with Crippen LogP contribution in [0.4, 0.5) is 11.4 Å². The first-order valence-corrected chi connectivity index (χ1v) is 11.6. The molecule has 1 N–H and O–H groups in total. The number of hydrogen-bond donors (Lipinski definition) is 1. The molecule has 3 aromatic rings. The lowest BCUT2D eigenvalue weighted by Crippen LogP contribution is -2.32. The summed E-state index contributed by atoms with van der Waals surface area (Å²) in [5.41, 5.74) is 8.21. The zero-order valence-corrected chi connectivity index (χ0v) is 21.0. The molecule has 0 saturated carbocycles. The lowest BCUT2D eigenvalue weighted by Gasteiger charge is -2.21. The molecule has 0 aromatic heterocycles. The van der Waals surface area contributed by atoms with Gasteiger partial charge in [0, 0.05) is 5.69 Å². The summed E-state index contributed by atoms with van der Waals surface area (Å²) in [5, 5.41) is 3.30. The molecule has 0 spiro atoms. The normalized spacial score (nSPS) is 14.3. The van der Waals surface area contributed by atoms with Crippen molar-refractivity contribution in [3.05, 3.63) is 99.7 Å². The third-order valence-electron chi connectivity index (χ3n) is 6.22. The molecule has 1 aliphatic heterocycles. The number of carbonyl (C=O) groups is 2. The Bertz CT molecular complexity index is 1300. The lowest BCUT2D eigenvalue weighted by atomic mass is 9.87. The molecular weight excluding hydrogens is 420 g/mol. The fraction of sp³-hybridized carbons (Fsp3) is 0.267. The molecule has 0 fully saturated rings. The smallest absolute Gasteiger partial charge is 0.282 e. The highest BCUT2D eigenvalue weighted by Gasteiger charge is 2.40. The molecule has 0 unspecified atom stereocenters. The van der Waals surface area contributed by atoms with E-state index < -0.39 is 0 Å². The van der Waals surface area contributed by atoms with Gasteiger partial charge in [0.1, 0.15) is 5.70 Å². The zero-order valence-electron chi connectivity index (χ0n) is 21.0. The fourth-order valence-electron chi connectivity index (χ4n) is 4.53. The van der Waals surface area contributed by atoms with Gasteiger partial charge in [-0.1, -0.05) is 62.7 Å². The number of rotatable bonds is 4. The van der Waals surface area contributed by atoms with Crippen LogP contribution in [-0.4, -0.2) is 11.8 Å². The van der Waals surface area contributed by atoms with Gasteiger partial charge in [-0.2, -0.15) is 0 Å². The van der Waals surface area contributed by atoms with Gasteiger partial charge in [0.05, 0.1) is 11.3 Å². The van der Waals surface area contributed by atoms with Crippen molar-refractivity contribution in [1.82, 2.24) is 0 Å². The van der Waals surface area contributed by atoms with E-state index in [2.05, 4.69) is 32.2 Å². The van der Waals surface area contributed by atoms with Crippen molar-refractivity contribution in [1.29, 1.82) is 0 Å². The van der Waals surface area contributed by atoms with E-state index in [4.69, 9.17) is 0 Å². The number of nitrogens with one attached hydrogen (secondary N) is 1. The predicted molar refractivity (Wildman–Crippen MR) is 140 cm³/mol. The van der Waals surface area contributed by atoms with Gasteiger partial charge in [-0.05, 0) is 85.2 Å². The maximum atomic E-state index is 13.8. The summed E-state index contributed by atoms with van der Waals surface area (Å²) in [7, 11) is 0. The van der Waals surface area contributed by atoms with Crippen molar-refractivity contribution < 1.29 is 9.59 Å². The molecule has 174 valence electrons. The Hall–Kier alpha value is -3.66. The van der Waals surface area contributed by atoms with Crippen LogP contribution in [0.2, 0.25) is 0 Å². The average Bonchev–Trinajstić information content (AvgIpc) is 2.96. The summed E-state index contributed by atoms with van der Waals surface area (Å²) >= 11 is 0. The molecule has 0 atom stereocenters. The minimum atomic E-state index is -0.345. The van der Waals surface area contributed by atoms with Crippen molar-refractivity contribution in [2.45, 2.75) is 53.9 Å². The Morgan fingerprint density at radius 1 is 0.706 bits per heavy atom. The fourth-order valence-corrected chi connectivity index (χ4v) is 4.53. The summed E-state index contributed by atoms with van der Waals surface area (Å²) in [5.74, 6) is -0.657. The summed E-state index contributed by atoms with van der Waals surface area (Å²) < 4.78 is 0. The molecular formula is C30H32N2O2. The number of hydrogen-bond acceptors (Lipinski definition) is 3. The van der Waals surface area contributed by atoms with Crippen LogP contribution in [0.5, 0.6) is 0 Å². The van der Waals surface area contributed by atoms with Gasteiger partial charge >= 0.3 is 0 Å². The number of amides is 2. The van der Waals surface area contributed by atoms with Gasteiger partial charge in [-0.15, -0.1) is 0 Å². The molecule has 0 saturated heterocycles. The van der Waals surface area contributed by atoms with Crippen molar-refractivity contribution in [2.24, 2.45) is 0 Å². The highest BCUT2D eigenvalue weighted by atomic mass is 16.2. The van der Waals surface area contributed by atoms with Crippen molar-refractivity contribution >= 4 is 28.8 Å². The minimum Gasteiger partial charge on any atom is -0.350 e. The van der Waals surface area contributed by atoms with Gasteiger partial charge < -0.3 is 5.32 Å². The quantitative estimate of drug-likeness (QED) is 0.453. The Balaban J connectivity index is 1.83. The molecule has 0 bridgehead atoms. The van der Waals surface area contributed by atoms with Crippen LogP contribution in [0.25, 0.3) is 5.57 Å². The van der Waals surface area contributed by atoms with Crippen LogP contribution < -0.4 is 10.2 Å². The topological polar surface area (TPSA) is 49.4 Å². The average molecular weight is 453 g/mol. The zero-order chi connectivity index (χ0) is 24.8. The molecule has 1 aliphatic rings. The molecule has 2 amide bonds. The largest absolute Gasteiger partial charge is 0.350 e. The summed E-state index contributed by atoms with van der Waals surface area (Å²) in [4.78, 5) is 28.8. The van der Waals surface area contributed by atoms with Crippen LogP contribution in [0, 0.1) is 27.7 Å². The first kappa shape index (κ1) is 23.5. The van der Waals surface area contributed by atoms with Gasteiger partial charge in [0.2, 0.25) is 0 Å². The second-order valence-electron chi connectivity index (χ2n) is 10.3. The maximum Gasteiger partial charge on any atom is 0.282 e. The highest BCUT2D eigenvalue weighted by molar-refractivity contribution is 6.46. The van der Waals surface area contributed by atoms with E-state index in [-0.39, 0.29) is 17.2 Å². The molecule has 0 aliphatic carbocycles. The van der Waals surface area contributed by atoms with Gasteiger partial charge in [0.25, 0.3) is 11.8 Å². The maximum absolute atomic E-state index is 13.8. The van der Waals surface area contributed by atoms with Crippen molar-refractivity contribution in [3.8, 4) is 0 Å². The predicted octanol–water partition coefficient (Wildman–Crippen LogP) is 6.61. The summed E-state index contributed by atoms with van der Waals surface area (Å²) in [6, 6.07) is 19.7. The number of anilines is 2. The number of aryl methyl sites for hydroxylation is 4. The van der Waals surface area contributed by atoms with E-state index in [1.165, 1.54) is 4.90 Å². The molecule has 34 heavy (non-hydrogen) atoms. The summed E-state index contributed by atoms with van der Waals surface area (Å²) in [6.07, 6.45) is 0. The summed E-state index contributed by atoms with van der Waals surface area (Å²) in [6.45, 7) is 14.4. The van der Waals surface area contributed by atoms with E-state index in [9.17, 15) is 9.59 Å². The molecule has 3 aromatic carbocycles. The lowest BCUT2D eigenvalue weighted by molar-refractivity contribution is -0.120. The van der Waals surface area contributed by atoms with Crippen molar-refractivity contribution in [2.75, 3.05) is 10.2 Å². The molecule has 1 heterocycles. The number of nitrogens with zero attached hydrogens (tertiary/aromatic N) is 1. The van der Waals surface area contributed by atoms with E-state index >= 15 is 0 Å². The van der Waals surface area contributed by atoms with E-state index in [0.717, 1.165) is 39.1 Å². The highest BCUT2D eigenvalue weighted by Crippen LogP contribution is 2.36. The van der Waals surface area contributed by atoms with Crippen LogP contribution >= 0.6 is 0 Å². The van der Waals surface area contributed by atoms with E-state index in [0.29, 0.717) is 17.0 Å². The van der Waals surface area contributed by atoms with Crippen LogP contribution in [0.15, 0.2) is 66.4 Å². The van der Waals surface area contributed by atoms with Crippen molar-refractivity contribution in [3.63, 3.8) is 0 Å². The standard InChI is InChI=1S/C30H32N2O2/c1-18-8-13-25(21(4)15-18)26-27(31-23-16-19(2)14-20(3)17-23)29(34)32(28(26)33)24-11-9-22(10-12-24)30(5,6)7/h8-17,31H,1-7H3. The Morgan fingerprint density at radius 2 is 1.32 bits per heavy atom. The van der Waals surface area contributed by atoms with Crippen LogP contribution in [0.1, 0.15) is 54.2 Å². The SMILES string of the molecule is Cc1cc(C)cc(NC2=C(c3ccc(C)cc3C)C(=O)N(c3ccc(C(C)(C)C)cc3)C2=O)c1. The Kier molecular flexibility index (Phi) is 5.94. The molecule has 4 nitrogen and oxygen atoms in total. The monoisotopic (exact) mass is 452 g/mol. The number of benzene rings is 3. The first-order valence-electron chi connectivity index (χ1n) is 11.6. The third-order valence-corrected chi connectivity index (χ3v) is 6.22. The van der Waals surface area contributed by atoms with Gasteiger partial charge in [-0.3, -0.25) is 9.59 Å². The van der Waals surface area contributed by atoms with Gasteiger partial charge in [-0.25, -0.2) is 4.90 Å². The van der Waals surface area contributed by atoms with E-state index in [1.807, 2.05) is 82.3 Å². The molecule has 4 heteroatoms. The second kappa shape index (κ2) is 8.60. The Labute approximate surface area is 202 Å². The number of carbonyl (C=O) groups excluding carboxylic acids is 2. The van der Waals surface area contributed by atoms with Crippen LogP contribution in [0.3, 0.4) is 0 Å². The Morgan fingerprint density at radius 3 is 1.88 bits per heavy atom. The second-order valence-corrected chi connectivity index (χ2v) is 10.3. The number of imide groups is 1. The van der Waals surface area contributed by atoms with E-state index in [1.54, 1.807) is 0 Å². The van der Waals surface area contributed by atoms with Gasteiger partial charge in [0.15, 0.2) is 0 Å². The third kappa shape index (κ3) is 4.41. The van der Waals surface area contributed by atoms with Crippen LogP contribution in [-0.2, 0) is 15.0 Å². The molecule has 0 radical (unpaired) electrons. The molecule has 4 rings (SSSR count). The minimum absolute atomic E-state index is 0.0181.